The average molecular weight is 943 g/mol. The van der Waals surface area contributed by atoms with Crippen molar-refractivity contribution >= 4 is 17.9 Å². The van der Waals surface area contributed by atoms with Crippen LogP contribution in [0.3, 0.4) is 0 Å². The first kappa shape index (κ1) is 64.1. The third-order valence-electron chi connectivity index (χ3n) is 11.6. The van der Waals surface area contributed by atoms with Crippen LogP contribution in [0, 0.1) is 0 Å². The molecule has 0 aromatic heterocycles. The average Bonchev–Trinajstić information content (AvgIpc) is 3.34. The fourth-order valence-electron chi connectivity index (χ4n) is 7.47. The van der Waals surface area contributed by atoms with Crippen LogP contribution in [-0.2, 0) is 28.6 Å². The quantitative estimate of drug-likeness (QED) is 0.0199. The Labute approximate surface area is 419 Å². The number of allylic oxidation sites excluding steroid dienone is 18. The summed E-state index contributed by atoms with van der Waals surface area (Å²) in [6.45, 7) is 6.33. The van der Waals surface area contributed by atoms with Gasteiger partial charge in [0.05, 0.1) is 0 Å². The van der Waals surface area contributed by atoms with E-state index in [1.165, 1.54) is 109 Å². The molecule has 0 aliphatic heterocycles. The number of hydrogen-bond acceptors (Lipinski definition) is 6. The molecule has 0 fully saturated rings. The molecule has 0 rings (SSSR count). The molecule has 0 bridgehead atoms. The Kier molecular flexibility index (Phi) is 52.4. The van der Waals surface area contributed by atoms with Gasteiger partial charge in [0.25, 0.3) is 0 Å². The van der Waals surface area contributed by atoms with Gasteiger partial charge in [0.15, 0.2) is 6.10 Å². The van der Waals surface area contributed by atoms with E-state index in [-0.39, 0.29) is 37.5 Å². The van der Waals surface area contributed by atoms with Crippen LogP contribution < -0.4 is 0 Å². The van der Waals surface area contributed by atoms with Gasteiger partial charge in [-0.15, -0.1) is 0 Å². The summed E-state index contributed by atoms with van der Waals surface area (Å²) in [5.74, 6) is -1.00. The maximum absolute atomic E-state index is 12.8. The van der Waals surface area contributed by atoms with E-state index in [1.54, 1.807) is 0 Å². The zero-order chi connectivity index (χ0) is 49.3. The van der Waals surface area contributed by atoms with Crippen LogP contribution in [0.25, 0.3) is 0 Å². The standard InChI is InChI=1S/C62H102O6/c1-4-7-10-13-16-19-22-25-28-30-31-32-35-37-40-43-46-49-52-55-61(64)67-58-59(57-66-60(63)54-51-48-45-42-39-36-33-27-24-21-18-15-12-9-6-3)68-62(65)56-53-50-47-44-41-38-34-29-26-23-20-17-14-11-8-5-2/h7,9-10,12,15-16,18-19,21,24-25,28,31-32,37,40,46,49,59H,4-6,8,11,13-14,17,20,22-23,26-27,29-30,33-36,38-39,41-45,47-48,50-58H2,1-3H3/b10-7-,12-9-,18-15-,19-16-,24-21-,28-25-,32-31-,40-37-,49-46-. The zero-order valence-electron chi connectivity index (χ0n) is 44.1. The molecule has 6 nitrogen and oxygen atoms in total. The Hall–Kier alpha value is -3.93. The number of hydrogen-bond donors (Lipinski definition) is 0. The first-order valence-electron chi connectivity index (χ1n) is 27.9. The summed E-state index contributed by atoms with van der Waals surface area (Å²) in [4.78, 5) is 38.1. The van der Waals surface area contributed by atoms with Crippen LogP contribution in [0.4, 0.5) is 0 Å². The minimum atomic E-state index is -0.814. The predicted octanol–water partition coefficient (Wildman–Crippen LogP) is 18.7. The smallest absolute Gasteiger partial charge is 0.306 e. The van der Waals surface area contributed by atoms with Crippen molar-refractivity contribution in [3.05, 3.63) is 109 Å². The molecule has 1 unspecified atom stereocenters. The van der Waals surface area contributed by atoms with Crippen LogP contribution in [0.2, 0.25) is 0 Å². The summed E-state index contributed by atoms with van der Waals surface area (Å²) < 4.78 is 16.8. The minimum absolute atomic E-state index is 0.107. The second-order valence-electron chi connectivity index (χ2n) is 18.1. The van der Waals surface area contributed by atoms with E-state index >= 15 is 0 Å². The predicted molar refractivity (Wildman–Crippen MR) is 293 cm³/mol. The molecule has 0 aliphatic rings. The highest BCUT2D eigenvalue weighted by atomic mass is 16.6. The first-order chi connectivity index (χ1) is 33.5. The highest BCUT2D eigenvalue weighted by Gasteiger charge is 2.19. The maximum Gasteiger partial charge on any atom is 0.306 e. The number of carbonyl (C=O) groups is 3. The van der Waals surface area contributed by atoms with E-state index in [2.05, 4.69) is 124 Å². The molecular weight excluding hydrogens is 841 g/mol. The lowest BCUT2D eigenvalue weighted by molar-refractivity contribution is -0.166. The molecule has 0 amide bonds. The molecular formula is C62H102O6. The van der Waals surface area contributed by atoms with Gasteiger partial charge in [-0.1, -0.05) is 259 Å². The summed E-state index contributed by atoms with van der Waals surface area (Å²) in [7, 11) is 0. The summed E-state index contributed by atoms with van der Waals surface area (Å²) in [6.07, 6.45) is 75.1. The maximum atomic E-state index is 12.8. The van der Waals surface area contributed by atoms with Gasteiger partial charge in [0.2, 0.25) is 0 Å². The minimum Gasteiger partial charge on any atom is -0.462 e. The van der Waals surface area contributed by atoms with Crippen LogP contribution in [0.1, 0.15) is 245 Å². The normalized spacial score (nSPS) is 12.9. The van der Waals surface area contributed by atoms with Crippen molar-refractivity contribution in [2.75, 3.05) is 13.2 Å². The Morgan fingerprint density at radius 3 is 1.12 bits per heavy atom. The van der Waals surface area contributed by atoms with Crippen molar-refractivity contribution in [3.63, 3.8) is 0 Å². The van der Waals surface area contributed by atoms with Crippen LogP contribution in [0.5, 0.6) is 0 Å². The molecule has 0 radical (unpaired) electrons. The first-order valence-corrected chi connectivity index (χ1v) is 27.9. The summed E-state index contributed by atoms with van der Waals surface area (Å²) in [5.41, 5.74) is 0. The van der Waals surface area contributed by atoms with Crippen LogP contribution >= 0.6 is 0 Å². The molecule has 0 aromatic rings. The van der Waals surface area contributed by atoms with Crippen molar-refractivity contribution in [2.45, 2.75) is 252 Å². The van der Waals surface area contributed by atoms with Crippen molar-refractivity contribution < 1.29 is 28.6 Å². The van der Waals surface area contributed by atoms with E-state index in [0.29, 0.717) is 19.3 Å². The van der Waals surface area contributed by atoms with Gasteiger partial charge in [0, 0.05) is 19.3 Å². The monoisotopic (exact) mass is 943 g/mol. The molecule has 386 valence electrons. The molecule has 0 spiro atoms. The lowest BCUT2D eigenvalue weighted by Crippen LogP contribution is -2.30. The van der Waals surface area contributed by atoms with E-state index < -0.39 is 6.10 Å². The third-order valence-corrected chi connectivity index (χ3v) is 11.6. The second kappa shape index (κ2) is 55.7. The molecule has 0 aliphatic carbocycles. The lowest BCUT2D eigenvalue weighted by Gasteiger charge is -2.18. The number of ether oxygens (including phenoxy) is 3. The Bertz CT molecular complexity index is 1410. The van der Waals surface area contributed by atoms with Crippen molar-refractivity contribution in [1.29, 1.82) is 0 Å². The molecule has 0 saturated heterocycles. The fourth-order valence-corrected chi connectivity index (χ4v) is 7.47. The van der Waals surface area contributed by atoms with Gasteiger partial charge in [-0.25, -0.2) is 0 Å². The van der Waals surface area contributed by atoms with E-state index in [1.807, 2.05) is 6.08 Å². The van der Waals surface area contributed by atoms with Crippen LogP contribution in [-0.4, -0.2) is 37.2 Å². The SMILES string of the molecule is CC\C=C/C=C\C=C/CCCCCCCCCC(=O)OCC(COC(=O)CC/C=C\C/C=C\C/C=C\C/C=C\C/C=C\C/C=C\CC)OC(=O)CCCCCCCCCCCCCCCCCC. The lowest BCUT2D eigenvalue weighted by atomic mass is 10.0. The molecule has 0 N–H and O–H groups in total. The molecule has 68 heavy (non-hydrogen) atoms. The Morgan fingerprint density at radius 2 is 0.676 bits per heavy atom. The van der Waals surface area contributed by atoms with Gasteiger partial charge >= 0.3 is 17.9 Å². The van der Waals surface area contributed by atoms with Gasteiger partial charge in [0.1, 0.15) is 13.2 Å². The molecule has 0 heterocycles. The van der Waals surface area contributed by atoms with Crippen LogP contribution in [0.15, 0.2) is 109 Å². The third kappa shape index (κ3) is 53.0. The highest BCUT2D eigenvalue weighted by molar-refractivity contribution is 5.71. The number of unbranched alkanes of at least 4 members (excludes halogenated alkanes) is 22. The van der Waals surface area contributed by atoms with E-state index in [0.717, 1.165) is 89.9 Å². The Morgan fingerprint density at radius 1 is 0.324 bits per heavy atom. The van der Waals surface area contributed by atoms with Gasteiger partial charge < -0.3 is 14.2 Å². The van der Waals surface area contributed by atoms with Crippen molar-refractivity contribution in [3.8, 4) is 0 Å². The fraction of sp³-hybridized carbons (Fsp3) is 0.661. The number of esters is 3. The summed E-state index contributed by atoms with van der Waals surface area (Å²) >= 11 is 0. The molecule has 0 aromatic carbocycles. The van der Waals surface area contributed by atoms with Gasteiger partial charge in [-0.05, 0) is 77.0 Å². The topological polar surface area (TPSA) is 78.9 Å². The highest BCUT2D eigenvalue weighted by Crippen LogP contribution is 2.15. The van der Waals surface area contributed by atoms with Gasteiger partial charge in [-0.2, -0.15) is 0 Å². The molecule has 0 saturated carbocycles. The van der Waals surface area contributed by atoms with E-state index in [4.69, 9.17) is 14.2 Å². The van der Waals surface area contributed by atoms with Crippen molar-refractivity contribution in [1.82, 2.24) is 0 Å². The molecule has 6 heteroatoms. The van der Waals surface area contributed by atoms with Crippen molar-refractivity contribution in [2.24, 2.45) is 0 Å². The largest absolute Gasteiger partial charge is 0.462 e. The zero-order valence-corrected chi connectivity index (χ0v) is 44.1. The van der Waals surface area contributed by atoms with Gasteiger partial charge in [-0.3, -0.25) is 14.4 Å². The summed E-state index contributed by atoms with van der Waals surface area (Å²) in [5, 5.41) is 0. The second-order valence-corrected chi connectivity index (χ2v) is 18.1. The summed E-state index contributed by atoms with van der Waals surface area (Å²) in [6, 6.07) is 0. The molecule has 1 atom stereocenters. The Balaban J connectivity index is 4.51. The van der Waals surface area contributed by atoms with E-state index in [9.17, 15) is 14.4 Å². The number of rotatable bonds is 49. The number of carbonyl (C=O) groups excluding carboxylic acids is 3.